The van der Waals surface area contributed by atoms with Crippen LogP contribution in [0.4, 0.5) is 5.69 Å². The lowest BCUT2D eigenvalue weighted by Gasteiger charge is -2.14. The van der Waals surface area contributed by atoms with Crippen molar-refractivity contribution < 1.29 is 13.2 Å². The highest BCUT2D eigenvalue weighted by Gasteiger charge is 2.21. The Bertz CT molecular complexity index is 763. The Kier molecular flexibility index (Phi) is 5.33. The van der Waals surface area contributed by atoms with E-state index in [1.165, 1.54) is 19.1 Å². The fraction of sp³-hybridized carbons (Fsp3) is 0.133. The predicted octanol–water partition coefficient (Wildman–Crippen LogP) is 2.75. The molecule has 0 aliphatic heterocycles. The van der Waals surface area contributed by atoms with Crippen LogP contribution < -0.4 is 10.0 Å². The second kappa shape index (κ2) is 7.04. The Labute approximate surface area is 137 Å². The third-order valence-electron chi connectivity index (χ3n) is 2.87. The SMILES string of the molecule is CC(NS(=O)(=O)c1ccccc1)C(=O)Nc1cccc(Br)c1. The van der Waals surface area contributed by atoms with E-state index in [0.717, 1.165) is 4.47 Å². The van der Waals surface area contributed by atoms with E-state index >= 15 is 0 Å². The summed E-state index contributed by atoms with van der Waals surface area (Å²) in [4.78, 5) is 12.2. The molecule has 1 atom stereocenters. The number of hydrogen-bond donors (Lipinski definition) is 2. The second-order valence-corrected chi connectivity index (χ2v) is 7.29. The van der Waals surface area contributed by atoms with Crippen molar-refractivity contribution in [3.63, 3.8) is 0 Å². The molecule has 0 saturated heterocycles. The highest BCUT2D eigenvalue weighted by Crippen LogP contribution is 2.16. The van der Waals surface area contributed by atoms with E-state index in [4.69, 9.17) is 0 Å². The molecule has 0 bridgehead atoms. The first-order valence-electron chi connectivity index (χ1n) is 6.52. The topological polar surface area (TPSA) is 75.3 Å². The maximum absolute atomic E-state index is 12.2. The van der Waals surface area contributed by atoms with Crippen LogP contribution in [0.25, 0.3) is 0 Å². The van der Waals surface area contributed by atoms with Gasteiger partial charge in [0.15, 0.2) is 0 Å². The van der Waals surface area contributed by atoms with Crippen molar-refractivity contribution >= 4 is 37.5 Å². The van der Waals surface area contributed by atoms with Gasteiger partial charge in [-0.25, -0.2) is 8.42 Å². The maximum atomic E-state index is 12.2. The van der Waals surface area contributed by atoms with E-state index in [2.05, 4.69) is 26.0 Å². The molecule has 2 aromatic carbocycles. The molecule has 22 heavy (non-hydrogen) atoms. The van der Waals surface area contributed by atoms with Gasteiger partial charge in [0.25, 0.3) is 0 Å². The number of halogens is 1. The summed E-state index contributed by atoms with van der Waals surface area (Å²) in [6.45, 7) is 1.49. The fourth-order valence-corrected chi connectivity index (χ4v) is 3.39. The van der Waals surface area contributed by atoms with Crippen LogP contribution >= 0.6 is 15.9 Å². The quantitative estimate of drug-likeness (QED) is 0.834. The Hall–Kier alpha value is -1.70. The molecule has 0 heterocycles. The maximum Gasteiger partial charge on any atom is 0.242 e. The first kappa shape index (κ1) is 16.7. The molecule has 0 saturated carbocycles. The summed E-state index contributed by atoms with van der Waals surface area (Å²) in [5, 5.41) is 2.66. The van der Waals surface area contributed by atoms with Gasteiger partial charge in [0, 0.05) is 10.2 Å². The summed E-state index contributed by atoms with van der Waals surface area (Å²) < 4.78 is 27.5. The number of hydrogen-bond acceptors (Lipinski definition) is 3. The molecule has 0 aliphatic rings. The molecule has 0 spiro atoms. The van der Waals surface area contributed by atoms with E-state index < -0.39 is 22.0 Å². The van der Waals surface area contributed by atoms with Crippen molar-refractivity contribution in [1.29, 1.82) is 0 Å². The lowest BCUT2D eigenvalue weighted by atomic mass is 10.3. The van der Waals surface area contributed by atoms with Gasteiger partial charge in [-0.05, 0) is 37.3 Å². The summed E-state index contributed by atoms with van der Waals surface area (Å²) in [5.74, 6) is -0.433. The van der Waals surface area contributed by atoms with E-state index in [1.54, 1.807) is 36.4 Å². The average Bonchev–Trinajstić information content (AvgIpc) is 2.47. The van der Waals surface area contributed by atoms with Crippen LogP contribution in [0.15, 0.2) is 64.0 Å². The van der Waals surface area contributed by atoms with Gasteiger partial charge in [0.1, 0.15) is 0 Å². The van der Waals surface area contributed by atoms with E-state index in [1.807, 2.05) is 6.07 Å². The smallest absolute Gasteiger partial charge is 0.242 e. The summed E-state index contributed by atoms with van der Waals surface area (Å²) >= 11 is 3.31. The van der Waals surface area contributed by atoms with Gasteiger partial charge in [-0.3, -0.25) is 4.79 Å². The molecule has 2 aromatic rings. The molecule has 7 heteroatoms. The zero-order valence-corrected chi connectivity index (χ0v) is 14.2. The zero-order chi connectivity index (χ0) is 16.2. The molecular weight excluding hydrogens is 368 g/mol. The first-order chi connectivity index (χ1) is 10.4. The molecule has 2 rings (SSSR count). The number of sulfonamides is 1. The van der Waals surface area contributed by atoms with Crippen molar-refractivity contribution in [3.05, 3.63) is 59.1 Å². The Morgan fingerprint density at radius 2 is 1.77 bits per heavy atom. The van der Waals surface area contributed by atoms with Crippen LogP contribution in [0, 0.1) is 0 Å². The van der Waals surface area contributed by atoms with Crippen LogP contribution in [0.1, 0.15) is 6.92 Å². The van der Waals surface area contributed by atoms with Gasteiger partial charge < -0.3 is 5.32 Å². The van der Waals surface area contributed by atoms with Gasteiger partial charge in [0.05, 0.1) is 10.9 Å². The van der Waals surface area contributed by atoms with Gasteiger partial charge >= 0.3 is 0 Å². The largest absolute Gasteiger partial charge is 0.325 e. The van der Waals surface area contributed by atoms with Crippen LogP contribution in [-0.2, 0) is 14.8 Å². The number of nitrogens with one attached hydrogen (secondary N) is 2. The molecular formula is C15H15BrN2O3S. The van der Waals surface area contributed by atoms with Crippen molar-refractivity contribution in [3.8, 4) is 0 Å². The fourth-order valence-electron chi connectivity index (χ4n) is 1.77. The molecule has 0 aliphatic carbocycles. The van der Waals surface area contributed by atoms with Crippen LogP contribution in [0.3, 0.4) is 0 Å². The molecule has 0 radical (unpaired) electrons. The van der Waals surface area contributed by atoms with Gasteiger partial charge in [-0.15, -0.1) is 0 Å². The van der Waals surface area contributed by atoms with E-state index in [-0.39, 0.29) is 4.90 Å². The van der Waals surface area contributed by atoms with Crippen molar-refractivity contribution in [2.24, 2.45) is 0 Å². The summed E-state index contributed by atoms with van der Waals surface area (Å²) in [6, 6.07) is 14.1. The van der Waals surface area contributed by atoms with Gasteiger partial charge in [-0.2, -0.15) is 4.72 Å². The highest BCUT2D eigenvalue weighted by atomic mass is 79.9. The monoisotopic (exact) mass is 382 g/mol. The summed E-state index contributed by atoms with van der Waals surface area (Å²) in [7, 11) is -3.73. The highest BCUT2D eigenvalue weighted by molar-refractivity contribution is 9.10. The third kappa shape index (κ3) is 4.40. The standard InChI is InChI=1S/C15H15BrN2O3S/c1-11(15(19)17-13-7-5-6-12(16)10-13)18-22(20,21)14-8-3-2-4-9-14/h2-11,18H,1H3,(H,17,19). The molecule has 1 amide bonds. The van der Waals surface area contributed by atoms with E-state index in [9.17, 15) is 13.2 Å². The molecule has 2 N–H and O–H groups in total. The average molecular weight is 383 g/mol. The molecule has 0 aromatic heterocycles. The number of carbonyl (C=O) groups is 1. The second-order valence-electron chi connectivity index (χ2n) is 4.66. The normalized spacial score (nSPS) is 12.6. The van der Waals surface area contributed by atoms with Crippen molar-refractivity contribution in [1.82, 2.24) is 4.72 Å². The van der Waals surface area contributed by atoms with Gasteiger partial charge in [0.2, 0.25) is 15.9 Å². The number of rotatable bonds is 5. The molecule has 0 fully saturated rings. The minimum Gasteiger partial charge on any atom is -0.325 e. The molecule has 116 valence electrons. The van der Waals surface area contributed by atoms with Crippen molar-refractivity contribution in [2.75, 3.05) is 5.32 Å². The molecule has 1 unspecified atom stereocenters. The summed E-state index contributed by atoms with van der Waals surface area (Å²) in [5.41, 5.74) is 0.588. The van der Waals surface area contributed by atoms with Crippen LogP contribution in [0.5, 0.6) is 0 Å². The summed E-state index contributed by atoms with van der Waals surface area (Å²) in [6.07, 6.45) is 0. The minimum absolute atomic E-state index is 0.122. The van der Waals surface area contributed by atoms with Gasteiger partial charge in [-0.1, -0.05) is 40.2 Å². The first-order valence-corrected chi connectivity index (χ1v) is 8.80. The number of carbonyl (C=O) groups excluding carboxylic acids is 1. The lowest BCUT2D eigenvalue weighted by molar-refractivity contribution is -0.117. The predicted molar refractivity (Wildman–Crippen MR) is 89.0 cm³/mol. The number of anilines is 1. The third-order valence-corrected chi connectivity index (χ3v) is 4.92. The number of benzene rings is 2. The van der Waals surface area contributed by atoms with Crippen LogP contribution in [-0.4, -0.2) is 20.4 Å². The van der Waals surface area contributed by atoms with Crippen molar-refractivity contribution in [2.45, 2.75) is 17.9 Å². The Morgan fingerprint density at radius 3 is 2.41 bits per heavy atom. The number of amides is 1. The van der Waals surface area contributed by atoms with E-state index in [0.29, 0.717) is 5.69 Å². The zero-order valence-electron chi connectivity index (χ0n) is 11.8. The minimum atomic E-state index is -3.73. The lowest BCUT2D eigenvalue weighted by Crippen LogP contribution is -2.41. The molecule has 5 nitrogen and oxygen atoms in total. The Balaban J connectivity index is 2.05. The Morgan fingerprint density at radius 1 is 1.09 bits per heavy atom. The van der Waals surface area contributed by atoms with Crippen LogP contribution in [0.2, 0.25) is 0 Å².